The van der Waals surface area contributed by atoms with E-state index in [1.807, 2.05) is 56.4 Å². The first kappa shape index (κ1) is 17.9. The molecule has 1 amide bonds. The average Bonchev–Trinajstić information content (AvgIpc) is 2.64. The Morgan fingerprint density at radius 1 is 1.20 bits per heavy atom. The first-order valence-electron chi connectivity index (χ1n) is 8.51. The maximum absolute atomic E-state index is 12.6. The molecule has 1 atom stereocenters. The summed E-state index contributed by atoms with van der Waals surface area (Å²) in [6, 6.07) is 11.7. The average molecular weight is 403 g/mol. The minimum Gasteiger partial charge on any atom is -0.354 e. The number of halogens is 1. The molecular formula is C19H23BrN4O. The minimum absolute atomic E-state index is 0.0239. The molecule has 1 saturated heterocycles. The highest BCUT2D eigenvalue weighted by Gasteiger charge is 2.26. The van der Waals surface area contributed by atoms with Crippen molar-refractivity contribution in [3.05, 3.63) is 52.6 Å². The number of hydrogen-bond donors (Lipinski definition) is 1. The third-order valence-corrected chi connectivity index (χ3v) is 5.25. The lowest BCUT2D eigenvalue weighted by atomic mass is 10.2. The number of benzene rings is 1. The van der Waals surface area contributed by atoms with Crippen LogP contribution in [0.5, 0.6) is 0 Å². The molecule has 0 bridgehead atoms. The standard InChI is InChI=1S/C19H23BrN4O/c1-14-6-7-17(16(20)13-14)22-19(25)15(2)23-9-11-24(12-10-23)18-5-3-4-8-21-18/h3-8,13,15H,9-12H2,1-2H3,(H,22,25)/t15-/m1/s1. The number of aromatic nitrogens is 1. The molecular weight excluding hydrogens is 380 g/mol. The van der Waals surface area contributed by atoms with Crippen molar-refractivity contribution >= 4 is 33.3 Å². The van der Waals surface area contributed by atoms with Gasteiger partial charge in [0.25, 0.3) is 0 Å². The number of rotatable bonds is 4. The summed E-state index contributed by atoms with van der Waals surface area (Å²) >= 11 is 3.51. The van der Waals surface area contributed by atoms with Gasteiger partial charge in [0, 0.05) is 36.8 Å². The zero-order valence-electron chi connectivity index (χ0n) is 14.6. The van der Waals surface area contributed by atoms with Gasteiger partial charge in [-0.2, -0.15) is 0 Å². The van der Waals surface area contributed by atoms with E-state index in [9.17, 15) is 4.79 Å². The lowest BCUT2D eigenvalue weighted by Crippen LogP contribution is -2.53. The number of aryl methyl sites for hydroxylation is 1. The Bertz CT molecular complexity index is 729. The second kappa shape index (κ2) is 7.97. The van der Waals surface area contributed by atoms with Crippen LogP contribution in [-0.4, -0.2) is 48.0 Å². The first-order valence-corrected chi connectivity index (χ1v) is 9.31. The van der Waals surface area contributed by atoms with Gasteiger partial charge >= 0.3 is 0 Å². The van der Waals surface area contributed by atoms with Crippen molar-refractivity contribution < 1.29 is 4.79 Å². The van der Waals surface area contributed by atoms with Crippen molar-refractivity contribution in [2.24, 2.45) is 0 Å². The monoisotopic (exact) mass is 402 g/mol. The molecule has 132 valence electrons. The largest absolute Gasteiger partial charge is 0.354 e. The molecule has 0 unspecified atom stereocenters. The van der Waals surface area contributed by atoms with Crippen LogP contribution in [0.2, 0.25) is 0 Å². The molecule has 6 heteroatoms. The normalized spacial score (nSPS) is 16.5. The van der Waals surface area contributed by atoms with Gasteiger partial charge < -0.3 is 10.2 Å². The molecule has 0 saturated carbocycles. The second-order valence-electron chi connectivity index (χ2n) is 6.36. The van der Waals surface area contributed by atoms with Gasteiger partial charge in [0.05, 0.1) is 11.7 Å². The van der Waals surface area contributed by atoms with Crippen molar-refractivity contribution in [3.63, 3.8) is 0 Å². The van der Waals surface area contributed by atoms with Crippen molar-refractivity contribution in [2.75, 3.05) is 36.4 Å². The van der Waals surface area contributed by atoms with Gasteiger partial charge in [0.15, 0.2) is 0 Å². The molecule has 3 rings (SSSR count). The highest BCUT2D eigenvalue weighted by atomic mass is 79.9. The van der Waals surface area contributed by atoms with E-state index in [1.165, 1.54) is 0 Å². The number of hydrogen-bond acceptors (Lipinski definition) is 4. The minimum atomic E-state index is -0.168. The summed E-state index contributed by atoms with van der Waals surface area (Å²) in [5.74, 6) is 1.03. The highest BCUT2D eigenvalue weighted by Crippen LogP contribution is 2.24. The molecule has 5 nitrogen and oxygen atoms in total. The SMILES string of the molecule is Cc1ccc(NC(=O)[C@@H](C)N2CCN(c3ccccn3)CC2)c(Br)c1. The van der Waals surface area contributed by atoms with E-state index in [2.05, 4.69) is 36.0 Å². The molecule has 1 fully saturated rings. The third kappa shape index (κ3) is 4.38. The van der Waals surface area contributed by atoms with E-state index >= 15 is 0 Å². The fourth-order valence-electron chi connectivity index (χ4n) is 3.00. The molecule has 1 N–H and O–H groups in total. The fraction of sp³-hybridized carbons (Fsp3) is 0.368. The van der Waals surface area contributed by atoms with Crippen molar-refractivity contribution in [3.8, 4) is 0 Å². The zero-order valence-corrected chi connectivity index (χ0v) is 16.2. The number of nitrogens with one attached hydrogen (secondary N) is 1. The number of carbonyl (C=O) groups excluding carboxylic acids is 1. The molecule has 1 aliphatic rings. The molecule has 2 heterocycles. The van der Waals surface area contributed by atoms with E-state index < -0.39 is 0 Å². The number of piperazine rings is 1. The molecule has 25 heavy (non-hydrogen) atoms. The Morgan fingerprint density at radius 3 is 2.60 bits per heavy atom. The Labute approximate surface area is 157 Å². The fourth-order valence-corrected chi connectivity index (χ4v) is 3.60. The number of anilines is 2. The Balaban J connectivity index is 1.56. The van der Waals surface area contributed by atoms with Crippen LogP contribution in [0.25, 0.3) is 0 Å². The quantitative estimate of drug-likeness (QED) is 0.851. The Kier molecular flexibility index (Phi) is 5.71. The Morgan fingerprint density at radius 2 is 1.96 bits per heavy atom. The van der Waals surface area contributed by atoms with Crippen LogP contribution in [0.4, 0.5) is 11.5 Å². The van der Waals surface area contributed by atoms with Gasteiger partial charge in [-0.3, -0.25) is 9.69 Å². The van der Waals surface area contributed by atoms with Crippen LogP contribution in [0.3, 0.4) is 0 Å². The predicted molar refractivity (Wildman–Crippen MR) is 105 cm³/mol. The van der Waals surface area contributed by atoms with Gasteiger partial charge in [-0.1, -0.05) is 12.1 Å². The van der Waals surface area contributed by atoms with E-state index in [4.69, 9.17) is 0 Å². The van der Waals surface area contributed by atoms with Crippen LogP contribution in [0, 0.1) is 6.92 Å². The van der Waals surface area contributed by atoms with Crippen molar-refractivity contribution in [1.82, 2.24) is 9.88 Å². The predicted octanol–water partition coefficient (Wildman–Crippen LogP) is 3.30. The summed E-state index contributed by atoms with van der Waals surface area (Å²) in [5, 5.41) is 3.02. The maximum atomic E-state index is 12.6. The molecule has 0 spiro atoms. The summed E-state index contributed by atoms with van der Waals surface area (Å²) in [6.07, 6.45) is 1.82. The smallest absolute Gasteiger partial charge is 0.241 e. The molecule has 0 aliphatic carbocycles. The van der Waals surface area contributed by atoms with Crippen molar-refractivity contribution in [2.45, 2.75) is 19.9 Å². The topological polar surface area (TPSA) is 48.5 Å². The van der Waals surface area contributed by atoms with Gasteiger partial charge in [-0.25, -0.2) is 4.98 Å². The zero-order chi connectivity index (χ0) is 17.8. The number of carbonyl (C=O) groups is 1. The summed E-state index contributed by atoms with van der Waals surface area (Å²) in [4.78, 5) is 21.5. The first-order chi connectivity index (χ1) is 12.0. The molecule has 1 aromatic heterocycles. The lowest BCUT2D eigenvalue weighted by Gasteiger charge is -2.38. The summed E-state index contributed by atoms with van der Waals surface area (Å²) in [5.41, 5.74) is 1.97. The molecule has 2 aromatic rings. The van der Waals surface area contributed by atoms with E-state index in [0.29, 0.717) is 0 Å². The van der Waals surface area contributed by atoms with E-state index in [1.54, 1.807) is 0 Å². The van der Waals surface area contributed by atoms with Crippen LogP contribution in [0.1, 0.15) is 12.5 Å². The van der Waals surface area contributed by atoms with Crippen LogP contribution in [0.15, 0.2) is 47.1 Å². The summed E-state index contributed by atoms with van der Waals surface area (Å²) in [6.45, 7) is 7.44. The van der Waals surface area contributed by atoms with Crippen molar-refractivity contribution in [1.29, 1.82) is 0 Å². The highest BCUT2D eigenvalue weighted by molar-refractivity contribution is 9.10. The van der Waals surface area contributed by atoms with Gasteiger partial charge in [-0.05, 0) is 59.6 Å². The number of amides is 1. The maximum Gasteiger partial charge on any atom is 0.241 e. The molecule has 1 aromatic carbocycles. The second-order valence-corrected chi connectivity index (χ2v) is 7.21. The van der Waals surface area contributed by atoms with Gasteiger partial charge in [0.2, 0.25) is 5.91 Å². The van der Waals surface area contributed by atoms with E-state index in [-0.39, 0.29) is 11.9 Å². The number of pyridine rings is 1. The van der Waals surface area contributed by atoms with Gasteiger partial charge in [-0.15, -0.1) is 0 Å². The van der Waals surface area contributed by atoms with Crippen LogP contribution < -0.4 is 10.2 Å². The summed E-state index contributed by atoms with van der Waals surface area (Å²) < 4.78 is 0.910. The van der Waals surface area contributed by atoms with Crippen LogP contribution >= 0.6 is 15.9 Å². The van der Waals surface area contributed by atoms with Gasteiger partial charge in [0.1, 0.15) is 5.82 Å². The summed E-state index contributed by atoms with van der Waals surface area (Å²) in [7, 11) is 0. The Hall–Kier alpha value is -1.92. The van der Waals surface area contributed by atoms with E-state index in [0.717, 1.165) is 47.7 Å². The third-order valence-electron chi connectivity index (χ3n) is 4.60. The number of nitrogens with zero attached hydrogens (tertiary/aromatic N) is 3. The lowest BCUT2D eigenvalue weighted by molar-refractivity contribution is -0.120. The molecule has 1 aliphatic heterocycles. The molecule has 0 radical (unpaired) electrons. The van der Waals surface area contributed by atoms with Crippen LogP contribution in [-0.2, 0) is 4.79 Å².